The highest BCUT2D eigenvalue weighted by atomic mass is 19.4. The van der Waals surface area contributed by atoms with E-state index in [2.05, 4.69) is 0 Å². The van der Waals surface area contributed by atoms with Gasteiger partial charge in [-0.25, -0.2) is 4.39 Å². The number of hydrogen-bond donors (Lipinski definition) is 0. The van der Waals surface area contributed by atoms with E-state index in [0.717, 1.165) is 6.07 Å². The van der Waals surface area contributed by atoms with Crippen LogP contribution in [0.4, 0.5) is 17.6 Å². The van der Waals surface area contributed by atoms with E-state index in [1.54, 1.807) is 0 Å². The minimum absolute atomic E-state index is 0.0169. The van der Waals surface area contributed by atoms with Gasteiger partial charge in [-0.3, -0.25) is 0 Å². The van der Waals surface area contributed by atoms with Crippen molar-refractivity contribution in [2.24, 2.45) is 0 Å². The summed E-state index contributed by atoms with van der Waals surface area (Å²) in [7, 11) is 0. The molecule has 1 aromatic carbocycles. The maximum absolute atomic E-state index is 13.1. The van der Waals surface area contributed by atoms with Gasteiger partial charge in [0.2, 0.25) is 0 Å². The zero-order chi connectivity index (χ0) is 12.3. The molecule has 0 spiro atoms. The molecule has 0 heterocycles. The van der Waals surface area contributed by atoms with Gasteiger partial charge in [-0.2, -0.15) is 13.2 Å². The van der Waals surface area contributed by atoms with Crippen molar-refractivity contribution in [2.75, 3.05) is 0 Å². The summed E-state index contributed by atoms with van der Waals surface area (Å²) < 4.78 is 50.4. The Balaban J connectivity index is 3.17. The van der Waals surface area contributed by atoms with Crippen molar-refractivity contribution in [3.8, 4) is 0 Å². The average molecular weight is 234 g/mol. The molecular formula is C12H14F4. The van der Waals surface area contributed by atoms with Crippen LogP contribution >= 0.6 is 0 Å². The predicted molar refractivity (Wildman–Crippen MR) is 54.7 cm³/mol. The highest BCUT2D eigenvalue weighted by molar-refractivity contribution is 5.29. The van der Waals surface area contributed by atoms with Gasteiger partial charge in [-0.1, -0.05) is 13.8 Å². The second kappa shape index (κ2) is 4.85. The number of alkyl halides is 3. The summed E-state index contributed by atoms with van der Waals surface area (Å²) >= 11 is 0. The van der Waals surface area contributed by atoms with Crippen molar-refractivity contribution in [1.29, 1.82) is 0 Å². The normalized spacial score (nSPS) is 12.2. The highest BCUT2D eigenvalue weighted by Gasteiger charge is 2.31. The second-order valence-electron chi connectivity index (χ2n) is 3.78. The van der Waals surface area contributed by atoms with Crippen LogP contribution in [0.2, 0.25) is 0 Å². The molecular weight excluding hydrogens is 220 g/mol. The molecule has 0 aliphatic rings. The van der Waals surface area contributed by atoms with Gasteiger partial charge in [0.05, 0.1) is 5.56 Å². The summed E-state index contributed by atoms with van der Waals surface area (Å²) in [5.74, 6) is -0.839. The summed E-state index contributed by atoms with van der Waals surface area (Å²) in [4.78, 5) is 0. The summed E-state index contributed by atoms with van der Waals surface area (Å²) in [6, 6.07) is 2.76. The molecule has 0 amide bonds. The molecule has 0 nitrogen and oxygen atoms in total. The second-order valence-corrected chi connectivity index (χ2v) is 3.78. The van der Waals surface area contributed by atoms with Crippen LogP contribution in [0.5, 0.6) is 0 Å². The first kappa shape index (κ1) is 13.0. The van der Waals surface area contributed by atoms with Crippen molar-refractivity contribution >= 4 is 0 Å². The van der Waals surface area contributed by atoms with Crippen LogP contribution in [0, 0.1) is 5.82 Å². The molecule has 0 atom stereocenters. The standard InChI is InChI=1S/C12H14F4/c1-3-8(4-2)9-5-10(12(14,15)16)7-11(13)6-9/h5-8H,3-4H2,1-2H3. The quantitative estimate of drug-likeness (QED) is 0.662. The third-order valence-electron chi connectivity index (χ3n) is 2.70. The van der Waals surface area contributed by atoms with Gasteiger partial charge in [0.1, 0.15) is 5.82 Å². The van der Waals surface area contributed by atoms with Crippen LogP contribution in [0.3, 0.4) is 0 Å². The minimum atomic E-state index is -4.48. The maximum Gasteiger partial charge on any atom is 0.416 e. The fraction of sp³-hybridized carbons (Fsp3) is 0.500. The molecule has 0 bridgehead atoms. The molecule has 1 aromatic rings. The lowest BCUT2D eigenvalue weighted by molar-refractivity contribution is -0.137. The van der Waals surface area contributed by atoms with E-state index in [9.17, 15) is 17.6 Å². The van der Waals surface area contributed by atoms with E-state index in [0.29, 0.717) is 24.5 Å². The lowest BCUT2D eigenvalue weighted by atomic mass is 9.92. The van der Waals surface area contributed by atoms with Crippen molar-refractivity contribution in [1.82, 2.24) is 0 Å². The van der Waals surface area contributed by atoms with Crippen LogP contribution in [-0.2, 0) is 6.18 Å². The summed E-state index contributed by atoms with van der Waals surface area (Å²) in [5.41, 5.74) is -0.480. The third kappa shape index (κ3) is 2.97. The molecule has 0 saturated carbocycles. The molecule has 1 rings (SSSR count). The Morgan fingerprint density at radius 2 is 1.62 bits per heavy atom. The van der Waals surface area contributed by atoms with E-state index in [1.165, 1.54) is 6.07 Å². The number of rotatable bonds is 3. The van der Waals surface area contributed by atoms with E-state index < -0.39 is 17.6 Å². The van der Waals surface area contributed by atoms with E-state index in [1.807, 2.05) is 13.8 Å². The molecule has 0 fully saturated rings. The first-order chi connectivity index (χ1) is 7.38. The Hall–Kier alpha value is -1.06. The zero-order valence-corrected chi connectivity index (χ0v) is 9.24. The van der Waals surface area contributed by atoms with Crippen LogP contribution in [0.1, 0.15) is 43.7 Å². The molecule has 0 N–H and O–H groups in total. The van der Waals surface area contributed by atoms with Crippen LogP contribution in [0.25, 0.3) is 0 Å². The maximum atomic E-state index is 13.1. The zero-order valence-electron chi connectivity index (χ0n) is 9.24. The third-order valence-corrected chi connectivity index (χ3v) is 2.70. The summed E-state index contributed by atoms with van der Waals surface area (Å²) in [6.45, 7) is 3.76. The first-order valence-electron chi connectivity index (χ1n) is 5.26. The van der Waals surface area contributed by atoms with Gasteiger partial charge < -0.3 is 0 Å². The Bertz CT molecular complexity index is 351. The lowest BCUT2D eigenvalue weighted by Crippen LogP contribution is -2.07. The van der Waals surface area contributed by atoms with Crippen molar-refractivity contribution in [3.05, 3.63) is 35.1 Å². The monoisotopic (exact) mass is 234 g/mol. The van der Waals surface area contributed by atoms with Gasteiger partial charge in [-0.15, -0.1) is 0 Å². The average Bonchev–Trinajstić information content (AvgIpc) is 2.17. The van der Waals surface area contributed by atoms with Crippen molar-refractivity contribution in [3.63, 3.8) is 0 Å². The first-order valence-corrected chi connectivity index (χ1v) is 5.26. The Morgan fingerprint density at radius 1 is 1.06 bits per heavy atom. The van der Waals surface area contributed by atoms with Gasteiger partial charge in [0.15, 0.2) is 0 Å². The predicted octanol–water partition coefficient (Wildman–Crippen LogP) is 4.75. The molecule has 90 valence electrons. The van der Waals surface area contributed by atoms with Crippen molar-refractivity contribution < 1.29 is 17.6 Å². The van der Waals surface area contributed by atoms with Gasteiger partial charge in [0.25, 0.3) is 0 Å². The number of halogens is 4. The largest absolute Gasteiger partial charge is 0.416 e. The van der Waals surface area contributed by atoms with E-state index in [-0.39, 0.29) is 5.92 Å². The molecule has 0 aliphatic carbocycles. The van der Waals surface area contributed by atoms with Crippen LogP contribution in [0.15, 0.2) is 18.2 Å². The van der Waals surface area contributed by atoms with E-state index in [4.69, 9.17) is 0 Å². The number of benzene rings is 1. The fourth-order valence-corrected chi connectivity index (χ4v) is 1.77. The summed E-state index contributed by atoms with van der Waals surface area (Å²) in [5, 5.41) is 0. The topological polar surface area (TPSA) is 0 Å². The highest BCUT2D eigenvalue weighted by Crippen LogP contribution is 2.33. The van der Waals surface area contributed by atoms with Gasteiger partial charge in [-0.05, 0) is 42.5 Å². The molecule has 4 heteroatoms. The Labute approximate surface area is 92.3 Å². The molecule has 0 saturated heterocycles. The Kier molecular flexibility index (Phi) is 3.94. The molecule has 0 aromatic heterocycles. The van der Waals surface area contributed by atoms with Gasteiger partial charge >= 0.3 is 6.18 Å². The SMILES string of the molecule is CCC(CC)c1cc(F)cc(C(F)(F)F)c1. The molecule has 0 unspecified atom stereocenters. The van der Waals surface area contributed by atoms with Crippen LogP contribution < -0.4 is 0 Å². The van der Waals surface area contributed by atoms with Gasteiger partial charge in [0, 0.05) is 0 Å². The smallest absolute Gasteiger partial charge is 0.207 e. The van der Waals surface area contributed by atoms with E-state index >= 15 is 0 Å². The van der Waals surface area contributed by atoms with Crippen LogP contribution in [-0.4, -0.2) is 0 Å². The van der Waals surface area contributed by atoms with Crippen molar-refractivity contribution in [2.45, 2.75) is 38.8 Å². The minimum Gasteiger partial charge on any atom is -0.207 e. The lowest BCUT2D eigenvalue weighted by Gasteiger charge is -2.15. The number of hydrogen-bond acceptors (Lipinski definition) is 0. The fourth-order valence-electron chi connectivity index (χ4n) is 1.77. The Morgan fingerprint density at radius 3 is 2.06 bits per heavy atom. The molecule has 16 heavy (non-hydrogen) atoms. The summed E-state index contributed by atoms with van der Waals surface area (Å²) in [6.07, 6.45) is -3.07. The molecule has 0 aliphatic heterocycles. The molecule has 0 radical (unpaired) electrons.